The second kappa shape index (κ2) is 7.54. The van der Waals surface area contributed by atoms with Crippen LogP contribution >= 0.6 is 11.9 Å². The van der Waals surface area contributed by atoms with E-state index < -0.39 is 0 Å². The summed E-state index contributed by atoms with van der Waals surface area (Å²) in [7, 11) is 0. The Morgan fingerprint density at radius 3 is 2.56 bits per heavy atom. The minimum Gasteiger partial charge on any atom is -0.329 e. The van der Waals surface area contributed by atoms with Gasteiger partial charge in [0.05, 0.1) is 0 Å². The lowest BCUT2D eigenvalue weighted by molar-refractivity contribution is 0.312. The molecule has 1 heterocycles. The third-order valence-electron chi connectivity index (χ3n) is 3.26. The van der Waals surface area contributed by atoms with E-state index in [1.54, 1.807) is 0 Å². The first-order valence-electron chi connectivity index (χ1n) is 6.48. The molecule has 0 aromatic carbocycles. The topological polar surface area (TPSA) is 41.3 Å². The molecule has 0 spiro atoms. The van der Waals surface area contributed by atoms with Crippen LogP contribution in [0.2, 0.25) is 0 Å². The molecule has 0 aromatic heterocycles. The standard InChI is InChI=1S/C12H27N3S/c1-10(2)12(8-13)14-9-11(3)15-6-4-5-7-16-15/h10-12,14H,4-9,13H2,1-3H3. The zero-order valence-corrected chi connectivity index (χ0v) is 11.7. The van der Waals surface area contributed by atoms with E-state index in [4.69, 9.17) is 5.73 Å². The Kier molecular flexibility index (Phi) is 6.73. The predicted molar refractivity (Wildman–Crippen MR) is 73.5 cm³/mol. The molecule has 1 fully saturated rings. The molecule has 0 bridgehead atoms. The van der Waals surface area contributed by atoms with Gasteiger partial charge in [-0.2, -0.15) is 0 Å². The minimum atomic E-state index is 0.456. The molecule has 0 radical (unpaired) electrons. The highest BCUT2D eigenvalue weighted by atomic mass is 32.2. The minimum absolute atomic E-state index is 0.456. The second-order valence-electron chi connectivity index (χ2n) is 5.02. The summed E-state index contributed by atoms with van der Waals surface area (Å²) in [5, 5.41) is 3.59. The van der Waals surface area contributed by atoms with E-state index in [9.17, 15) is 0 Å². The van der Waals surface area contributed by atoms with Crippen molar-refractivity contribution in [2.75, 3.05) is 25.4 Å². The van der Waals surface area contributed by atoms with Gasteiger partial charge < -0.3 is 11.1 Å². The summed E-state index contributed by atoms with van der Waals surface area (Å²) in [5.74, 6) is 1.90. The van der Waals surface area contributed by atoms with E-state index in [0.29, 0.717) is 18.0 Å². The molecule has 16 heavy (non-hydrogen) atoms. The molecule has 0 amide bonds. The average Bonchev–Trinajstić information content (AvgIpc) is 2.30. The normalized spacial score (nSPS) is 22.3. The largest absolute Gasteiger partial charge is 0.329 e. The molecule has 0 saturated carbocycles. The molecule has 3 N–H and O–H groups in total. The third-order valence-corrected chi connectivity index (χ3v) is 4.60. The SMILES string of the molecule is CC(C)C(CN)NCC(C)N1CCCCS1. The van der Waals surface area contributed by atoms with Gasteiger partial charge in [0.25, 0.3) is 0 Å². The van der Waals surface area contributed by atoms with Gasteiger partial charge in [0.2, 0.25) is 0 Å². The summed E-state index contributed by atoms with van der Waals surface area (Å²) in [4.78, 5) is 0. The van der Waals surface area contributed by atoms with E-state index in [1.165, 1.54) is 25.1 Å². The van der Waals surface area contributed by atoms with Gasteiger partial charge in [0, 0.05) is 37.5 Å². The number of rotatable bonds is 6. The first-order valence-corrected chi connectivity index (χ1v) is 7.42. The Balaban J connectivity index is 2.24. The lowest BCUT2D eigenvalue weighted by Gasteiger charge is -2.32. The van der Waals surface area contributed by atoms with Crippen molar-refractivity contribution in [3.05, 3.63) is 0 Å². The Morgan fingerprint density at radius 1 is 1.31 bits per heavy atom. The highest BCUT2D eigenvalue weighted by Gasteiger charge is 2.19. The lowest BCUT2D eigenvalue weighted by Crippen LogP contribution is -2.46. The van der Waals surface area contributed by atoms with Crippen LogP contribution in [0.4, 0.5) is 0 Å². The Bertz CT molecular complexity index is 181. The van der Waals surface area contributed by atoms with Crippen molar-refractivity contribution in [2.45, 2.75) is 45.7 Å². The van der Waals surface area contributed by atoms with Crippen molar-refractivity contribution in [1.29, 1.82) is 0 Å². The summed E-state index contributed by atoms with van der Waals surface area (Å²) in [5.41, 5.74) is 5.76. The van der Waals surface area contributed by atoms with E-state index in [2.05, 4.69) is 30.4 Å². The predicted octanol–water partition coefficient (Wildman–Crippen LogP) is 1.69. The maximum Gasteiger partial charge on any atom is 0.0299 e. The molecule has 0 aromatic rings. The van der Waals surface area contributed by atoms with Crippen LogP contribution in [0, 0.1) is 5.92 Å². The summed E-state index contributed by atoms with van der Waals surface area (Å²) in [6, 6.07) is 1.07. The van der Waals surface area contributed by atoms with Gasteiger partial charge in [-0.25, -0.2) is 4.31 Å². The second-order valence-corrected chi connectivity index (χ2v) is 6.16. The maximum atomic E-state index is 5.76. The molecule has 1 aliphatic rings. The van der Waals surface area contributed by atoms with Gasteiger partial charge in [-0.1, -0.05) is 25.8 Å². The highest BCUT2D eigenvalue weighted by molar-refractivity contribution is 7.97. The summed E-state index contributed by atoms with van der Waals surface area (Å²) in [6.07, 6.45) is 2.72. The van der Waals surface area contributed by atoms with E-state index in [-0.39, 0.29) is 0 Å². The summed E-state index contributed by atoms with van der Waals surface area (Å²) in [6.45, 7) is 9.78. The smallest absolute Gasteiger partial charge is 0.0299 e. The van der Waals surface area contributed by atoms with Gasteiger partial charge in [0.15, 0.2) is 0 Å². The Morgan fingerprint density at radius 2 is 2.06 bits per heavy atom. The molecular formula is C12H27N3S. The first-order chi connectivity index (χ1) is 7.65. The van der Waals surface area contributed by atoms with Gasteiger partial charge in [-0.3, -0.25) is 0 Å². The number of nitrogens with one attached hydrogen (secondary N) is 1. The first kappa shape index (κ1) is 14.3. The summed E-state index contributed by atoms with van der Waals surface area (Å²) < 4.78 is 2.52. The van der Waals surface area contributed by atoms with Crippen LogP contribution in [0.15, 0.2) is 0 Å². The molecule has 1 rings (SSSR count). The average molecular weight is 245 g/mol. The zero-order chi connectivity index (χ0) is 12.0. The van der Waals surface area contributed by atoms with Crippen LogP contribution in [0.1, 0.15) is 33.6 Å². The molecule has 0 aliphatic carbocycles. The molecule has 4 heteroatoms. The van der Waals surface area contributed by atoms with E-state index in [1.807, 2.05) is 11.9 Å². The van der Waals surface area contributed by atoms with Crippen LogP contribution in [-0.2, 0) is 0 Å². The van der Waals surface area contributed by atoms with Gasteiger partial charge in [-0.05, 0) is 25.7 Å². The Hall–Kier alpha value is 0.230. The summed E-state index contributed by atoms with van der Waals surface area (Å²) >= 11 is 2.00. The fraction of sp³-hybridized carbons (Fsp3) is 1.00. The van der Waals surface area contributed by atoms with Crippen molar-refractivity contribution >= 4 is 11.9 Å². The van der Waals surface area contributed by atoms with Gasteiger partial charge >= 0.3 is 0 Å². The highest BCUT2D eigenvalue weighted by Crippen LogP contribution is 2.21. The van der Waals surface area contributed by atoms with Crippen LogP contribution in [0.25, 0.3) is 0 Å². The van der Waals surface area contributed by atoms with Crippen LogP contribution < -0.4 is 11.1 Å². The van der Waals surface area contributed by atoms with Crippen LogP contribution in [-0.4, -0.2) is 41.8 Å². The number of hydrogen-bond donors (Lipinski definition) is 2. The number of nitrogens with zero attached hydrogens (tertiary/aromatic N) is 1. The molecule has 3 nitrogen and oxygen atoms in total. The fourth-order valence-electron chi connectivity index (χ4n) is 1.98. The number of hydrogen-bond acceptors (Lipinski definition) is 4. The molecular weight excluding hydrogens is 218 g/mol. The fourth-order valence-corrected chi connectivity index (χ4v) is 3.13. The van der Waals surface area contributed by atoms with Crippen molar-refractivity contribution in [1.82, 2.24) is 9.62 Å². The zero-order valence-electron chi connectivity index (χ0n) is 10.9. The maximum absolute atomic E-state index is 5.76. The molecule has 96 valence electrons. The lowest BCUT2D eigenvalue weighted by atomic mass is 10.0. The van der Waals surface area contributed by atoms with E-state index in [0.717, 1.165) is 13.1 Å². The molecule has 2 atom stereocenters. The van der Waals surface area contributed by atoms with Gasteiger partial charge in [-0.15, -0.1) is 0 Å². The van der Waals surface area contributed by atoms with Gasteiger partial charge in [0.1, 0.15) is 0 Å². The van der Waals surface area contributed by atoms with Crippen molar-refractivity contribution in [2.24, 2.45) is 11.7 Å². The molecule has 1 saturated heterocycles. The third kappa shape index (κ3) is 4.62. The van der Waals surface area contributed by atoms with Crippen LogP contribution in [0.5, 0.6) is 0 Å². The number of nitrogens with two attached hydrogens (primary N) is 1. The van der Waals surface area contributed by atoms with E-state index >= 15 is 0 Å². The van der Waals surface area contributed by atoms with Crippen molar-refractivity contribution < 1.29 is 0 Å². The van der Waals surface area contributed by atoms with Crippen molar-refractivity contribution in [3.8, 4) is 0 Å². The van der Waals surface area contributed by atoms with Crippen LogP contribution in [0.3, 0.4) is 0 Å². The molecule has 2 unspecified atom stereocenters. The molecule has 1 aliphatic heterocycles. The van der Waals surface area contributed by atoms with Crippen molar-refractivity contribution in [3.63, 3.8) is 0 Å². The Labute approximate surface area is 105 Å². The monoisotopic (exact) mass is 245 g/mol. The quantitative estimate of drug-likeness (QED) is 0.699.